The summed E-state index contributed by atoms with van der Waals surface area (Å²) in [6.07, 6.45) is 11.4. The average molecular weight is 660 g/mol. The van der Waals surface area contributed by atoms with Crippen LogP contribution in [0.15, 0.2) is 84.9 Å². The second-order valence-electron chi connectivity index (χ2n) is 12.0. The summed E-state index contributed by atoms with van der Waals surface area (Å²) in [4.78, 5) is 7.02. The molecule has 3 aliphatic heterocycles. The van der Waals surface area contributed by atoms with Crippen molar-refractivity contribution < 1.29 is 9.13 Å². The molecule has 2 saturated heterocycles. The number of allylic oxidation sites excluding steroid dienone is 3. The maximum Gasteiger partial charge on any atom is 0.141 e. The number of benzene rings is 2. The molecular weight excluding hydrogens is 626 g/mol. The van der Waals surface area contributed by atoms with Crippen LogP contribution in [-0.4, -0.2) is 59.3 Å². The van der Waals surface area contributed by atoms with Crippen LogP contribution in [0, 0.1) is 29.0 Å². The van der Waals surface area contributed by atoms with E-state index in [4.69, 9.17) is 27.9 Å². The first-order valence-corrected chi connectivity index (χ1v) is 15.9. The van der Waals surface area contributed by atoms with Crippen LogP contribution in [0.3, 0.4) is 0 Å². The summed E-state index contributed by atoms with van der Waals surface area (Å²) in [5.74, 6) is 0.713. The Balaban J connectivity index is 1.18. The summed E-state index contributed by atoms with van der Waals surface area (Å²) in [7, 11) is 0. The van der Waals surface area contributed by atoms with E-state index < -0.39 is 5.82 Å². The minimum absolute atomic E-state index is 0.0327. The van der Waals surface area contributed by atoms with Crippen molar-refractivity contribution in [3.8, 4) is 6.07 Å². The number of ether oxygens (including phenoxy) is 1. The van der Waals surface area contributed by atoms with Gasteiger partial charge in [-0.1, -0.05) is 54.1 Å². The molecule has 3 atom stereocenters. The molecule has 3 fully saturated rings. The third kappa shape index (κ3) is 5.81. The number of rotatable bonds is 10. The lowest BCUT2D eigenvalue weighted by Crippen LogP contribution is -2.50. The number of hydrogen-bond acceptors (Lipinski definition) is 9. The highest BCUT2D eigenvalue weighted by atomic mass is 35.5. The first kappa shape index (κ1) is 30.5. The van der Waals surface area contributed by atoms with Gasteiger partial charge in [0.15, 0.2) is 0 Å². The van der Waals surface area contributed by atoms with Crippen LogP contribution in [-0.2, 0) is 4.74 Å². The lowest BCUT2D eigenvalue weighted by atomic mass is 10.0. The standard InChI is InChI=1S/C34H33Cl2FN8O/c1-3-4-5-6-19(2)31(30-16-45(43-42-30)34-25-14-44(15-26(25)34)23-17-46-18-23)41-22-9-24-32(40-21-7-8-29(37)27(35)10-21)20(12-38)13-39-33(24)28(36)11-22/h3-11,13,16,23,25-26,31,34,41-43H,2,14-15,17-18H2,1H3,(H,39,40)/b4-3-,6-5-/t25?,26?,31-,34?/m0/s1. The van der Waals surface area contributed by atoms with Gasteiger partial charge in [0.05, 0.1) is 63.8 Å². The molecular formula is C34H33Cl2FN8O. The molecule has 0 spiro atoms. The number of anilines is 3. The van der Waals surface area contributed by atoms with Gasteiger partial charge in [-0.15, -0.1) is 5.53 Å². The highest BCUT2D eigenvalue weighted by Gasteiger charge is 2.60. The number of piperidine rings is 1. The van der Waals surface area contributed by atoms with Crippen molar-refractivity contribution in [2.45, 2.75) is 25.0 Å². The highest BCUT2D eigenvalue weighted by molar-refractivity contribution is 6.36. The topological polar surface area (TPSA) is 101 Å². The molecule has 46 heavy (non-hydrogen) atoms. The Labute approximate surface area is 276 Å². The van der Waals surface area contributed by atoms with Gasteiger partial charge >= 0.3 is 0 Å². The van der Waals surface area contributed by atoms with Gasteiger partial charge in [0.1, 0.15) is 11.9 Å². The number of hydrazine groups is 2. The van der Waals surface area contributed by atoms with Gasteiger partial charge in [-0.3, -0.25) is 14.9 Å². The summed E-state index contributed by atoms with van der Waals surface area (Å²) in [5.41, 5.74) is 11.0. The molecule has 7 rings (SSSR count). The molecule has 0 radical (unpaired) electrons. The van der Waals surface area contributed by atoms with Crippen LogP contribution >= 0.6 is 23.2 Å². The number of likely N-dealkylation sites (tertiary alicyclic amines) is 1. The van der Waals surface area contributed by atoms with Crippen molar-refractivity contribution in [2.75, 3.05) is 36.9 Å². The number of hydrogen-bond donors (Lipinski definition) is 4. The summed E-state index contributed by atoms with van der Waals surface area (Å²) < 4.78 is 19.3. The van der Waals surface area contributed by atoms with E-state index in [1.807, 2.05) is 43.4 Å². The molecule has 2 aromatic carbocycles. The van der Waals surface area contributed by atoms with E-state index in [9.17, 15) is 9.65 Å². The first-order valence-electron chi connectivity index (χ1n) is 15.2. The van der Waals surface area contributed by atoms with Crippen molar-refractivity contribution in [3.63, 3.8) is 0 Å². The summed E-state index contributed by atoms with van der Waals surface area (Å²) in [5, 5.41) is 19.9. The van der Waals surface area contributed by atoms with Crippen molar-refractivity contribution in [1.29, 1.82) is 5.26 Å². The Hall–Kier alpha value is -4.11. The molecule has 1 aliphatic carbocycles. The van der Waals surface area contributed by atoms with Crippen LogP contribution in [0.2, 0.25) is 10.0 Å². The largest absolute Gasteiger partial charge is 0.378 e. The van der Waals surface area contributed by atoms with Gasteiger partial charge in [0.25, 0.3) is 0 Å². The van der Waals surface area contributed by atoms with E-state index in [0.29, 0.717) is 62.5 Å². The van der Waals surface area contributed by atoms with Gasteiger partial charge < -0.3 is 20.8 Å². The third-order valence-corrected chi connectivity index (χ3v) is 9.66. The maximum atomic E-state index is 13.9. The number of fused-ring (bicyclic) bond motifs is 2. The summed E-state index contributed by atoms with van der Waals surface area (Å²) >= 11 is 12.8. The Morgan fingerprint density at radius 1 is 1.17 bits per heavy atom. The van der Waals surface area contributed by atoms with Crippen molar-refractivity contribution in [3.05, 3.63) is 106 Å². The Bertz CT molecular complexity index is 1820. The minimum atomic E-state index is -0.532. The lowest BCUT2D eigenvalue weighted by molar-refractivity contribution is -0.0625. The molecule has 2 unspecified atom stereocenters. The van der Waals surface area contributed by atoms with Gasteiger partial charge in [0, 0.05) is 42.2 Å². The van der Waals surface area contributed by atoms with Crippen LogP contribution in [0.1, 0.15) is 12.5 Å². The van der Waals surface area contributed by atoms with E-state index in [1.54, 1.807) is 6.07 Å². The normalized spacial score (nSPS) is 23.2. The zero-order valence-electron chi connectivity index (χ0n) is 25.1. The molecule has 0 amide bonds. The number of aromatic nitrogens is 1. The predicted molar refractivity (Wildman–Crippen MR) is 180 cm³/mol. The number of nitrogens with one attached hydrogen (secondary N) is 4. The fraction of sp³-hybridized carbons (Fsp3) is 0.294. The Kier molecular flexibility index (Phi) is 8.36. The zero-order valence-corrected chi connectivity index (χ0v) is 26.6. The van der Waals surface area contributed by atoms with Crippen LogP contribution in [0.4, 0.5) is 21.5 Å². The number of nitrogens with zero attached hydrogens (tertiary/aromatic N) is 4. The van der Waals surface area contributed by atoms with Gasteiger partial charge in [-0.05, 0) is 54.7 Å². The van der Waals surface area contributed by atoms with Gasteiger partial charge in [0.2, 0.25) is 0 Å². The fourth-order valence-corrected chi connectivity index (χ4v) is 6.98. The van der Waals surface area contributed by atoms with E-state index >= 15 is 0 Å². The number of halogens is 3. The number of pyridine rings is 1. The monoisotopic (exact) mass is 658 g/mol. The van der Waals surface area contributed by atoms with Crippen LogP contribution in [0.25, 0.3) is 10.9 Å². The molecule has 1 saturated carbocycles. The molecule has 3 aromatic rings. The number of nitriles is 1. The zero-order chi connectivity index (χ0) is 31.9. The van der Waals surface area contributed by atoms with E-state index in [1.165, 1.54) is 18.3 Å². The van der Waals surface area contributed by atoms with E-state index in [-0.39, 0.29) is 11.1 Å². The summed E-state index contributed by atoms with van der Waals surface area (Å²) in [6.45, 7) is 10.2. The minimum Gasteiger partial charge on any atom is -0.378 e. The van der Waals surface area contributed by atoms with Crippen LogP contribution < -0.4 is 21.6 Å². The SMILES string of the molecule is C=C(/C=C\C=C/C)[C@H](Nc1cc(Cl)c2ncc(C#N)c(Nc3ccc(F)c(Cl)c3)c2c1)C1=CN(C2C3CN(C4COC4)CC32)NN1. The highest BCUT2D eigenvalue weighted by Crippen LogP contribution is 2.50. The molecule has 12 heteroatoms. The average Bonchev–Trinajstić information content (AvgIpc) is 3.32. The van der Waals surface area contributed by atoms with Gasteiger partial charge in [-0.2, -0.15) is 5.26 Å². The van der Waals surface area contributed by atoms with Crippen molar-refractivity contribution >= 4 is 51.2 Å². The smallest absolute Gasteiger partial charge is 0.141 e. The first-order chi connectivity index (χ1) is 22.3. The second kappa shape index (κ2) is 12.6. The van der Waals surface area contributed by atoms with Crippen LogP contribution in [0.5, 0.6) is 0 Å². The third-order valence-electron chi connectivity index (χ3n) is 9.08. The maximum absolute atomic E-state index is 13.9. The van der Waals surface area contributed by atoms with E-state index in [2.05, 4.69) is 55.3 Å². The lowest BCUT2D eigenvalue weighted by Gasteiger charge is -2.36. The Morgan fingerprint density at radius 3 is 2.65 bits per heavy atom. The molecule has 4 N–H and O–H groups in total. The second-order valence-corrected chi connectivity index (χ2v) is 12.8. The molecule has 9 nitrogen and oxygen atoms in total. The Morgan fingerprint density at radius 2 is 1.96 bits per heavy atom. The summed E-state index contributed by atoms with van der Waals surface area (Å²) in [6, 6.07) is 10.8. The molecule has 0 bridgehead atoms. The van der Waals surface area contributed by atoms with Crippen molar-refractivity contribution in [1.82, 2.24) is 25.9 Å². The molecule has 4 heterocycles. The molecule has 236 valence electrons. The fourth-order valence-electron chi connectivity index (χ4n) is 6.53. The quantitative estimate of drug-likeness (QED) is 0.188. The molecule has 4 aliphatic rings. The van der Waals surface area contributed by atoms with E-state index in [0.717, 1.165) is 37.6 Å². The molecule has 1 aromatic heterocycles. The van der Waals surface area contributed by atoms with Crippen molar-refractivity contribution in [2.24, 2.45) is 11.8 Å². The van der Waals surface area contributed by atoms with Gasteiger partial charge in [-0.25, -0.2) is 4.39 Å². The predicted octanol–water partition coefficient (Wildman–Crippen LogP) is 6.26.